The van der Waals surface area contributed by atoms with Gasteiger partial charge in [0, 0.05) is 18.2 Å². The van der Waals surface area contributed by atoms with Crippen molar-refractivity contribution in [2.24, 2.45) is 10.7 Å². The van der Waals surface area contributed by atoms with Crippen molar-refractivity contribution in [3.8, 4) is 5.75 Å². The second-order valence-corrected chi connectivity index (χ2v) is 5.70. The van der Waals surface area contributed by atoms with Gasteiger partial charge in [0.05, 0.1) is 12.6 Å². The third-order valence-electron chi connectivity index (χ3n) is 3.30. The van der Waals surface area contributed by atoms with Crippen LogP contribution in [-0.2, 0) is 4.79 Å². The fourth-order valence-electron chi connectivity index (χ4n) is 2.30. The minimum Gasteiger partial charge on any atom is -0.491 e. The molecule has 1 aliphatic rings. The average Bonchev–Trinajstić information content (AvgIpc) is 2.47. The number of hydrogen-bond donors (Lipinski definition) is 3. The Morgan fingerprint density at radius 2 is 2.13 bits per heavy atom. The number of carbonyl (C=O) groups excluding carboxylic acids is 1. The summed E-state index contributed by atoms with van der Waals surface area (Å²) in [4.78, 5) is 15.6. The number of nitrogens with two attached hydrogens (primary N) is 1. The van der Waals surface area contributed by atoms with E-state index in [-0.39, 0.29) is 42.0 Å². The topological polar surface area (TPSA) is 88.7 Å². The lowest BCUT2D eigenvalue weighted by atomic mass is 10.0. The Morgan fingerprint density at radius 3 is 2.74 bits per heavy atom. The van der Waals surface area contributed by atoms with Crippen LogP contribution < -0.4 is 21.1 Å². The molecule has 0 aromatic heterocycles. The minimum absolute atomic E-state index is 0. The summed E-state index contributed by atoms with van der Waals surface area (Å²) in [6.07, 6.45) is 2.62. The number of piperidine rings is 1. The molecule has 1 aromatic carbocycles. The van der Waals surface area contributed by atoms with Gasteiger partial charge < -0.3 is 21.1 Å². The van der Waals surface area contributed by atoms with Crippen LogP contribution in [0.4, 0.5) is 5.69 Å². The maximum absolute atomic E-state index is 11.3. The van der Waals surface area contributed by atoms with Crippen molar-refractivity contribution in [3.63, 3.8) is 0 Å². The number of amides is 1. The van der Waals surface area contributed by atoms with Crippen molar-refractivity contribution in [1.82, 2.24) is 5.32 Å². The molecule has 1 aromatic rings. The van der Waals surface area contributed by atoms with E-state index >= 15 is 0 Å². The zero-order chi connectivity index (χ0) is 15.9. The Hall–Kier alpha value is -1.51. The Labute approximate surface area is 154 Å². The van der Waals surface area contributed by atoms with Crippen molar-refractivity contribution in [2.75, 3.05) is 11.9 Å². The molecule has 1 fully saturated rings. The van der Waals surface area contributed by atoms with Crippen LogP contribution in [-0.4, -0.2) is 30.6 Å². The lowest BCUT2D eigenvalue weighted by Gasteiger charge is -2.21. The molecule has 1 heterocycles. The van der Waals surface area contributed by atoms with Crippen molar-refractivity contribution in [1.29, 1.82) is 0 Å². The monoisotopic (exact) mass is 432 g/mol. The van der Waals surface area contributed by atoms with Gasteiger partial charge in [0.2, 0.25) is 5.91 Å². The van der Waals surface area contributed by atoms with E-state index in [0.29, 0.717) is 18.9 Å². The molecule has 23 heavy (non-hydrogen) atoms. The number of hydrogen-bond acceptors (Lipinski definition) is 3. The largest absolute Gasteiger partial charge is 0.491 e. The first kappa shape index (κ1) is 19.5. The second-order valence-electron chi connectivity index (χ2n) is 5.70. The summed E-state index contributed by atoms with van der Waals surface area (Å²) in [6.45, 7) is 4.47. The Bertz CT molecular complexity index is 531. The molecular weight excluding hydrogens is 407 g/mol. The number of halogens is 1. The molecule has 2 rings (SSSR count). The van der Waals surface area contributed by atoms with Gasteiger partial charge >= 0.3 is 0 Å². The summed E-state index contributed by atoms with van der Waals surface area (Å²) in [5.74, 6) is 1.26. The molecular formula is C16H25IN4O2. The van der Waals surface area contributed by atoms with Gasteiger partial charge in [-0.1, -0.05) is 0 Å². The minimum atomic E-state index is 0. The van der Waals surface area contributed by atoms with Crippen LogP contribution in [0.2, 0.25) is 0 Å². The molecule has 1 aliphatic heterocycles. The van der Waals surface area contributed by atoms with Crippen LogP contribution >= 0.6 is 24.0 Å². The molecule has 0 spiro atoms. The number of aliphatic imine (C=N–C) groups is 1. The van der Waals surface area contributed by atoms with Crippen molar-refractivity contribution < 1.29 is 9.53 Å². The number of ether oxygens (including phenoxy) is 1. The summed E-state index contributed by atoms with van der Waals surface area (Å²) < 4.78 is 5.58. The van der Waals surface area contributed by atoms with Gasteiger partial charge in [-0.05, 0) is 51.0 Å². The van der Waals surface area contributed by atoms with Crippen LogP contribution in [0.5, 0.6) is 5.75 Å². The molecule has 7 heteroatoms. The SMILES string of the molecule is CC(C)Oc1ccc(NC(N)=NCC2CCCC(=O)N2)cc1.I. The highest BCUT2D eigenvalue weighted by molar-refractivity contribution is 14.0. The maximum atomic E-state index is 11.3. The molecule has 4 N–H and O–H groups in total. The lowest BCUT2D eigenvalue weighted by molar-refractivity contribution is -0.123. The van der Waals surface area contributed by atoms with Gasteiger partial charge in [-0.2, -0.15) is 0 Å². The standard InChI is InChI=1S/C16H24N4O2.HI/c1-11(2)22-14-8-6-12(7-9-14)20-16(17)18-10-13-4-3-5-15(21)19-13;/h6-9,11,13H,3-5,10H2,1-2H3,(H,19,21)(H3,17,18,20);1H. The Morgan fingerprint density at radius 1 is 1.43 bits per heavy atom. The third kappa shape index (κ3) is 7.06. The van der Waals surface area contributed by atoms with Crippen molar-refractivity contribution >= 4 is 41.5 Å². The van der Waals surface area contributed by atoms with Gasteiger partial charge in [-0.3, -0.25) is 9.79 Å². The van der Waals surface area contributed by atoms with Gasteiger partial charge in [0.15, 0.2) is 5.96 Å². The average molecular weight is 432 g/mol. The molecule has 1 unspecified atom stereocenters. The van der Waals surface area contributed by atoms with E-state index in [4.69, 9.17) is 10.5 Å². The van der Waals surface area contributed by atoms with E-state index in [1.807, 2.05) is 38.1 Å². The number of nitrogens with zero attached hydrogens (tertiary/aromatic N) is 1. The van der Waals surface area contributed by atoms with E-state index in [0.717, 1.165) is 24.3 Å². The summed E-state index contributed by atoms with van der Waals surface area (Å²) in [6, 6.07) is 7.64. The van der Waals surface area contributed by atoms with Crippen LogP contribution in [0.15, 0.2) is 29.3 Å². The molecule has 0 saturated carbocycles. The second kappa shape index (κ2) is 9.59. The zero-order valence-electron chi connectivity index (χ0n) is 13.5. The summed E-state index contributed by atoms with van der Waals surface area (Å²) in [5, 5.41) is 5.95. The first-order valence-electron chi connectivity index (χ1n) is 7.66. The number of rotatable bonds is 5. The van der Waals surface area contributed by atoms with E-state index in [1.165, 1.54) is 0 Å². The van der Waals surface area contributed by atoms with E-state index in [1.54, 1.807) is 0 Å². The Kier molecular flexibility index (Phi) is 8.15. The number of benzene rings is 1. The normalized spacial score (nSPS) is 18.1. The van der Waals surface area contributed by atoms with Crippen molar-refractivity contribution in [3.05, 3.63) is 24.3 Å². The summed E-state index contributed by atoms with van der Waals surface area (Å²) in [7, 11) is 0. The van der Waals surface area contributed by atoms with Gasteiger partial charge in [-0.15, -0.1) is 24.0 Å². The fourth-order valence-corrected chi connectivity index (χ4v) is 2.30. The number of carbonyl (C=O) groups is 1. The molecule has 0 aliphatic carbocycles. The quantitative estimate of drug-likeness (QED) is 0.379. The molecule has 0 bridgehead atoms. The third-order valence-corrected chi connectivity index (χ3v) is 3.30. The highest BCUT2D eigenvalue weighted by atomic mass is 127. The van der Waals surface area contributed by atoms with Gasteiger partial charge in [0.25, 0.3) is 0 Å². The number of anilines is 1. The fraction of sp³-hybridized carbons (Fsp3) is 0.500. The molecule has 6 nitrogen and oxygen atoms in total. The van der Waals surface area contributed by atoms with Gasteiger partial charge in [-0.25, -0.2) is 0 Å². The highest BCUT2D eigenvalue weighted by Gasteiger charge is 2.17. The van der Waals surface area contributed by atoms with E-state index in [2.05, 4.69) is 15.6 Å². The molecule has 128 valence electrons. The highest BCUT2D eigenvalue weighted by Crippen LogP contribution is 2.16. The van der Waals surface area contributed by atoms with Crippen LogP contribution in [0, 0.1) is 0 Å². The predicted molar refractivity (Wildman–Crippen MR) is 104 cm³/mol. The van der Waals surface area contributed by atoms with Crippen LogP contribution in [0.3, 0.4) is 0 Å². The summed E-state index contributed by atoms with van der Waals surface area (Å²) >= 11 is 0. The van der Waals surface area contributed by atoms with Crippen LogP contribution in [0.1, 0.15) is 33.1 Å². The molecule has 1 atom stereocenters. The van der Waals surface area contributed by atoms with E-state index < -0.39 is 0 Å². The zero-order valence-corrected chi connectivity index (χ0v) is 15.9. The van der Waals surface area contributed by atoms with Crippen LogP contribution in [0.25, 0.3) is 0 Å². The van der Waals surface area contributed by atoms with Gasteiger partial charge in [0.1, 0.15) is 5.75 Å². The Balaban J connectivity index is 0.00000264. The first-order valence-corrected chi connectivity index (χ1v) is 7.66. The smallest absolute Gasteiger partial charge is 0.220 e. The molecule has 1 amide bonds. The number of guanidine groups is 1. The predicted octanol–water partition coefficient (Wildman–Crippen LogP) is 2.49. The molecule has 0 radical (unpaired) electrons. The lowest BCUT2D eigenvalue weighted by Crippen LogP contribution is -2.41. The van der Waals surface area contributed by atoms with E-state index in [9.17, 15) is 4.79 Å². The van der Waals surface area contributed by atoms with Crippen molar-refractivity contribution in [2.45, 2.75) is 45.3 Å². The molecule has 1 saturated heterocycles. The summed E-state index contributed by atoms with van der Waals surface area (Å²) in [5.41, 5.74) is 6.72. The maximum Gasteiger partial charge on any atom is 0.220 e. The number of nitrogens with one attached hydrogen (secondary N) is 2. The first-order chi connectivity index (χ1) is 10.5.